The molecule has 20 heavy (non-hydrogen) atoms. The molecule has 0 heterocycles. The summed E-state index contributed by atoms with van der Waals surface area (Å²) in [6, 6.07) is 22.5. The van der Waals surface area contributed by atoms with Crippen LogP contribution in [0, 0.1) is 5.92 Å². The molecule has 2 aromatic carbocycles. The minimum atomic E-state index is 0.308. The van der Waals surface area contributed by atoms with E-state index in [-0.39, 0.29) is 0 Å². The van der Waals surface area contributed by atoms with Crippen LogP contribution < -0.4 is 5.32 Å². The lowest BCUT2D eigenvalue weighted by molar-refractivity contribution is 0.417. The van der Waals surface area contributed by atoms with Gasteiger partial charge in [-0.3, -0.25) is 0 Å². The number of hydrogen-bond donors (Lipinski definition) is 1. The van der Waals surface area contributed by atoms with E-state index < -0.39 is 0 Å². The van der Waals surface area contributed by atoms with Crippen LogP contribution in [-0.2, 0) is 0 Å². The maximum absolute atomic E-state index is 3.90. The predicted octanol–water partition coefficient (Wildman–Crippen LogP) is 4.55. The molecule has 3 rings (SSSR count). The summed E-state index contributed by atoms with van der Waals surface area (Å²) in [5.41, 5.74) is 2.72. The Kier molecular flexibility index (Phi) is 4.17. The largest absolute Gasteiger partial charge is 0.303 e. The van der Waals surface area contributed by atoms with E-state index >= 15 is 0 Å². The Balaban J connectivity index is 1.87. The van der Waals surface area contributed by atoms with Crippen LogP contribution in [0.5, 0.6) is 0 Å². The smallest absolute Gasteiger partial charge is 0.0578 e. The van der Waals surface area contributed by atoms with Gasteiger partial charge in [0.2, 0.25) is 0 Å². The van der Waals surface area contributed by atoms with E-state index in [2.05, 4.69) is 72.9 Å². The zero-order chi connectivity index (χ0) is 13.8. The van der Waals surface area contributed by atoms with Crippen molar-refractivity contribution in [2.24, 2.45) is 5.92 Å². The third kappa shape index (κ3) is 3.10. The molecule has 1 heteroatoms. The molecule has 1 N–H and O–H groups in total. The molecule has 0 bridgehead atoms. The predicted molar refractivity (Wildman–Crippen MR) is 84.7 cm³/mol. The van der Waals surface area contributed by atoms with Gasteiger partial charge in [-0.25, -0.2) is 0 Å². The summed E-state index contributed by atoms with van der Waals surface area (Å²) in [6.07, 6.45) is 3.99. The van der Waals surface area contributed by atoms with Gasteiger partial charge in [0.15, 0.2) is 0 Å². The SMILES string of the molecule is CCC(NC(c1ccccc1)c1ccccc1)C1CC1. The highest BCUT2D eigenvalue weighted by atomic mass is 15.0. The molecule has 0 amide bonds. The Morgan fingerprint density at radius 3 is 1.80 bits per heavy atom. The van der Waals surface area contributed by atoms with Crippen molar-refractivity contribution in [3.05, 3.63) is 71.8 Å². The quantitative estimate of drug-likeness (QED) is 0.807. The molecular weight excluding hydrogens is 242 g/mol. The molecule has 1 atom stereocenters. The van der Waals surface area contributed by atoms with Gasteiger partial charge >= 0.3 is 0 Å². The van der Waals surface area contributed by atoms with Crippen molar-refractivity contribution in [2.45, 2.75) is 38.3 Å². The van der Waals surface area contributed by atoms with Crippen LogP contribution in [0.25, 0.3) is 0 Å². The van der Waals surface area contributed by atoms with E-state index in [1.165, 1.54) is 30.4 Å². The van der Waals surface area contributed by atoms with Gasteiger partial charge in [0.1, 0.15) is 0 Å². The number of benzene rings is 2. The van der Waals surface area contributed by atoms with Crippen molar-refractivity contribution in [3.8, 4) is 0 Å². The van der Waals surface area contributed by atoms with Crippen molar-refractivity contribution < 1.29 is 0 Å². The number of rotatable bonds is 6. The first-order chi connectivity index (χ1) is 9.88. The molecule has 1 aliphatic carbocycles. The summed E-state index contributed by atoms with van der Waals surface area (Å²) in [7, 11) is 0. The second-order valence-corrected chi connectivity index (χ2v) is 5.77. The lowest BCUT2D eigenvalue weighted by atomic mass is 9.96. The van der Waals surface area contributed by atoms with Crippen molar-refractivity contribution in [1.82, 2.24) is 5.32 Å². The van der Waals surface area contributed by atoms with Crippen molar-refractivity contribution in [2.75, 3.05) is 0 Å². The fraction of sp³-hybridized carbons (Fsp3) is 0.368. The highest BCUT2D eigenvalue weighted by molar-refractivity contribution is 5.31. The van der Waals surface area contributed by atoms with Crippen molar-refractivity contribution in [3.63, 3.8) is 0 Å². The maximum atomic E-state index is 3.90. The third-order valence-corrected chi connectivity index (χ3v) is 4.28. The second-order valence-electron chi connectivity index (χ2n) is 5.77. The normalized spacial score (nSPS) is 16.3. The van der Waals surface area contributed by atoms with E-state index in [9.17, 15) is 0 Å². The van der Waals surface area contributed by atoms with Gasteiger partial charge in [0.25, 0.3) is 0 Å². The van der Waals surface area contributed by atoms with Gasteiger partial charge in [-0.15, -0.1) is 0 Å². The van der Waals surface area contributed by atoms with Gasteiger partial charge in [0.05, 0.1) is 6.04 Å². The van der Waals surface area contributed by atoms with Crippen LogP contribution in [0.3, 0.4) is 0 Å². The highest BCUT2D eigenvalue weighted by Crippen LogP contribution is 2.36. The van der Waals surface area contributed by atoms with Crippen molar-refractivity contribution >= 4 is 0 Å². The fourth-order valence-electron chi connectivity index (χ4n) is 2.98. The molecule has 104 valence electrons. The van der Waals surface area contributed by atoms with Crippen LogP contribution >= 0.6 is 0 Å². The summed E-state index contributed by atoms with van der Waals surface area (Å²) in [5.74, 6) is 0.884. The summed E-state index contributed by atoms with van der Waals surface area (Å²) in [4.78, 5) is 0. The fourth-order valence-corrected chi connectivity index (χ4v) is 2.98. The molecule has 1 unspecified atom stereocenters. The Bertz CT molecular complexity index is 476. The molecule has 0 aliphatic heterocycles. The minimum Gasteiger partial charge on any atom is -0.303 e. The molecule has 0 spiro atoms. The topological polar surface area (TPSA) is 12.0 Å². The summed E-state index contributed by atoms with van der Waals surface area (Å²) in [5, 5.41) is 3.90. The van der Waals surface area contributed by atoms with E-state index in [1.807, 2.05) is 0 Å². The minimum absolute atomic E-state index is 0.308. The van der Waals surface area contributed by atoms with E-state index in [0.29, 0.717) is 12.1 Å². The molecule has 1 aliphatic rings. The zero-order valence-corrected chi connectivity index (χ0v) is 12.1. The van der Waals surface area contributed by atoms with Gasteiger partial charge in [-0.2, -0.15) is 0 Å². The average molecular weight is 265 g/mol. The molecule has 0 saturated heterocycles. The monoisotopic (exact) mass is 265 g/mol. The zero-order valence-electron chi connectivity index (χ0n) is 12.1. The lowest BCUT2D eigenvalue weighted by Crippen LogP contribution is -2.34. The van der Waals surface area contributed by atoms with E-state index in [1.54, 1.807) is 0 Å². The maximum Gasteiger partial charge on any atom is 0.0578 e. The van der Waals surface area contributed by atoms with Gasteiger partial charge in [-0.05, 0) is 36.3 Å². The van der Waals surface area contributed by atoms with Crippen LogP contribution in [0.15, 0.2) is 60.7 Å². The molecule has 0 radical (unpaired) electrons. The summed E-state index contributed by atoms with van der Waals surface area (Å²) >= 11 is 0. The Hall–Kier alpha value is -1.60. The standard InChI is InChI=1S/C19H23N/c1-2-18(15-13-14-15)20-19(16-9-5-3-6-10-16)17-11-7-4-8-12-17/h3-12,15,18-20H,2,13-14H2,1H3. The highest BCUT2D eigenvalue weighted by Gasteiger charge is 2.31. The first kappa shape index (κ1) is 13.4. The van der Waals surface area contributed by atoms with Gasteiger partial charge in [0, 0.05) is 6.04 Å². The van der Waals surface area contributed by atoms with Gasteiger partial charge < -0.3 is 5.32 Å². The molecule has 1 nitrogen and oxygen atoms in total. The molecular formula is C19H23N. The molecule has 2 aromatic rings. The van der Waals surface area contributed by atoms with E-state index in [0.717, 1.165) is 5.92 Å². The Morgan fingerprint density at radius 1 is 0.900 bits per heavy atom. The average Bonchev–Trinajstić information content (AvgIpc) is 3.35. The molecule has 1 fully saturated rings. The van der Waals surface area contributed by atoms with Gasteiger partial charge in [-0.1, -0.05) is 67.6 Å². The molecule has 1 saturated carbocycles. The Morgan fingerprint density at radius 2 is 1.40 bits per heavy atom. The summed E-state index contributed by atoms with van der Waals surface area (Å²) in [6.45, 7) is 2.29. The third-order valence-electron chi connectivity index (χ3n) is 4.28. The number of nitrogens with one attached hydrogen (secondary N) is 1. The van der Waals surface area contributed by atoms with Crippen LogP contribution in [0.1, 0.15) is 43.4 Å². The first-order valence-corrected chi connectivity index (χ1v) is 7.74. The lowest BCUT2D eigenvalue weighted by Gasteiger charge is -2.26. The first-order valence-electron chi connectivity index (χ1n) is 7.74. The summed E-state index contributed by atoms with van der Waals surface area (Å²) < 4.78 is 0. The number of hydrogen-bond acceptors (Lipinski definition) is 1. The second kappa shape index (κ2) is 6.23. The Labute approximate surface area is 122 Å². The molecule has 0 aromatic heterocycles. The van der Waals surface area contributed by atoms with Crippen LogP contribution in [0.4, 0.5) is 0 Å². The van der Waals surface area contributed by atoms with Crippen LogP contribution in [-0.4, -0.2) is 6.04 Å². The van der Waals surface area contributed by atoms with Crippen molar-refractivity contribution in [1.29, 1.82) is 0 Å². The van der Waals surface area contributed by atoms with Crippen LogP contribution in [0.2, 0.25) is 0 Å². The van der Waals surface area contributed by atoms with E-state index in [4.69, 9.17) is 0 Å².